The van der Waals surface area contributed by atoms with Gasteiger partial charge in [0.25, 0.3) is 0 Å². The van der Waals surface area contributed by atoms with Crippen molar-refractivity contribution < 1.29 is 0 Å². The summed E-state index contributed by atoms with van der Waals surface area (Å²) in [7, 11) is 0. The molecule has 3 rings (SSSR count). The summed E-state index contributed by atoms with van der Waals surface area (Å²) in [6, 6.07) is 1.51. The summed E-state index contributed by atoms with van der Waals surface area (Å²) in [5.74, 6) is 0.805. The van der Waals surface area contributed by atoms with Crippen LogP contribution in [0.25, 0.3) is 0 Å². The molecule has 0 spiro atoms. The highest BCUT2D eigenvalue weighted by atomic mass is 15.2. The Balaban J connectivity index is 1.73. The number of fused-ring (bicyclic) bond motifs is 1. The summed E-state index contributed by atoms with van der Waals surface area (Å²) in [5, 5.41) is 0. The van der Waals surface area contributed by atoms with E-state index in [4.69, 9.17) is 5.73 Å². The van der Waals surface area contributed by atoms with Gasteiger partial charge in [0.1, 0.15) is 0 Å². The van der Waals surface area contributed by atoms with Crippen LogP contribution >= 0.6 is 0 Å². The number of rotatable bonds is 2. The zero-order chi connectivity index (χ0) is 12.5. The van der Waals surface area contributed by atoms with Crippen LogP contribution in [0.3, 0.4) is 0 Å². The van der Waals surface area contributed by atoms with E-state index in [9.17, 15) is 0 Å². The SMILES string of the molecule is C[C@@H]1CC2C=CCCC2N1CC1=C(N)CCCC1. The number of likely N-dealkylation sites (tertiary alicyclic amines) is 1. The molecule has 2 aliphatic carbocycles. The summed E-state index contributed by atoms with van der Waals surface area (Å²) in [5.41, 5.74) is 8.95. The Labute approximate surface area is 111 Å². The van der Waals surface area contributed by atoms with Crippen molar-refractivity contribution in [2.45, 2.75) is 64.0 Å². The Morgan fingerprint density at radius 3 is 3.00 bits per heavy atom. The highest BCUT2D eigenvalue weighted by Gasteiger charge is 2.38. The van der Waals surface area contributed by atoms with E-state index < -0.39 is 0 Å². The highest BCUT2D eigenvalue weighted by molar-refractivity contribution is 5.18. The van der Waals surface area contributed by atoms with Gasteiger partial charge in [0.15, 0.2) is 0 Å². The van der Waals surface area contributed by atoms with Crippen molar-refractivity contribution in [2.24, 2.45) is 11.7 Å². The molecule has 2 heteroatoms. The fraction of sp³-hybridized carbons (Fsp3) is 0.750. The van der Waals surface area contributed by atoms with E-state index in [1.165, 1.54) is 44.2 Å². The molecular weight excluding hydrogens is 220 g/mol. The largest absolute Gasteiger partial charge is 0.402 e. The van der Waals surface area contributed by atoms with Gasteiger partial charge >= 0.3 is 0 Å². The fourth-order valence-electron chi connectivity index (χ4n) is 4.05. The van der Waals surface area contributed by atoms with Crippen molar-refractivity contribution in [2.75, 3.05) is 6.54 Å². The predicted octanol–water partition coefficient (Wildman–Crippen LogP) is 3.20. The molecule has 2 unspecified atom stereocenters. The molecule has 2 nitrogen and oxygen atoms in total. The summed E-state index contributed by atoms with van der Waals surface area (Å²) >= 11 is 0. The maximum atomic E-state index is 6.21. The Morgan fingerprint density at radius 1 is 1.33 bits per heavy atom. The van der Waals surface area contributed by atoms with Gasteiger partial charge < -0.3 is 5.73 Å². The fourth-order valence-corrected chi connectivity index (χ4v) is 4.05. The summed E-state index contributed by atoms with van der Waals surface area (Å²) in [6.07, 6.45) is 13.8. The Bertz CT molecular complexity index is 369. The van der Waals surface area contributed by atoms with Crippen molar-refractivity contribution in [3.8, 4) is 0 Å². The maximum absolute atomic E-state index is 6.21. The van der Waals surface area contributed by atoms with E-state index in [1.807, 2.05) is 0 Å². The number of nitrogens with two attached hydrogens (primary N) is 1. The smallest absolute Gasteiger partial charge is 0.0218 e. The lowest BCUT2D eigenvalue weighted by molar-refractivity contribution is 0.196. The average molecular weight is 246 g/mol. The van der Waals surface area contributed by atoms with Crippen molar-refractivity contribution in [3.63, 3.8) is 0 Å². The second-order valence-electron chi connectivity index (χ2n) is 6.33. The molecule has 100 valence electrons. The molecule has 1 heterocycles. The first-order valence-electron chi connectivity index (χ1n) is 7.64. The second kappa shape index (κ2) is 5.08. The molecule has 0 aromatic carbocycles. The van der Waals surface area contributed by atoms with E-state index in [0.717, 1.165) is 31.0 Å². The topological polar surface area (TPSA) is 29.3 Å². The van der Waals surface area contributed by atoms with Gasteiger partial charge in [-0.25, -0.2) is 0 Å². The molecule has 3 aliphatic rings. The Hall–Kier alpha value is -0.760. The number of allylic oxidation sites excluding steroid dienone is 2. The van der Waals surface area contributed by atoms with Gasteiger partial charge in [-0.15, -0.1) is 0 Å². The first-order chi connectivity index (χ1) is 8.75. The zero-order valence-electron chi connectivity index (χ0n) is 11.6. The minimum absolute atomic E-state index is 0.727. The Kier molecular flexibility index (Phi) is 3.47. The molecule has 1 fully saturated rings. The molecule has 2 N–H and O–H groups in total. The highest BCUT2D eigenvalue weighted by Crippen LogP contribution is 2.37. The van der Waals surface area contributed by atoms with E-state index >= 15 is 0 Å². The molecule has 0 bridgehead atoms. The Morgan fingerprint density at radius 2 is 2.17 bits per heavy atom. The summed E-state index contributed by atoms with van der Waals surface area (Å²) in [6.45, 7) is 3.54. The maximum Gasteiger partial charge on any atom is 0.0218 e. The van der Waals surface area contributed by atoms with Gasteiger partial charge in [-0.05, 0) is 63.4 Å². The normalized spacial score (nSPS) is 37.1. The minimum atomic E-state index is 0.727. The summed E-state index contributed by atoms with van der Waals surface area (Å²) in [4.78, 5) is 2.74. The lowest BCUT2D eigenvalue weighted by Gasteiger charge is -2.33. The molecule has 0 aromatic rings. The third-order valence-electron chi connectivity index (χ3n) is 5.11. The third-order valence-corrected chi connectivity index (χ3v) is 5.11. The minimum Gasteiger partial charge on any atom is -0.402 e. The number of hydrogen-bond donors (Lipinski definition) is 1. The standard InChI is InChI=1S/C16H26N2/c1-12-10-13-6-3-5-9-16(13)18(12)11-14-7-2-4-8-15(14)17/h3,6,12-13,16H,2,4-5,7-11,17H2,1H3/t12-,13?,16?/m1/s1. The third kappa shape index (κ3) is 2.23. The van der Waals surface area contributed by atoms with Crippen molar-refractivity contribution in [3.05, 3.63) is 23.4 Å². The van der Waals surface area contributed by atoms with Crippen LogP contribution in [0.5, 0.6) is 0 Å². The first-order valence-corrected chi connectivity index (χ1v) is 7.64. The molecule has 1 saturated heterocycles. The van der Waals surface area contributed by atoms with Crippen LogP contribution in [0, 0.1) is 5.92 Å². The predicted molar refractivity (Wildman–Crippen MR) is 76.1 cm³/mol. The quantitative estimate of drug-likeness (QED) is 0.758. The number of nitrogens with zero attached hydrogens (tertiary/aromatic N) is 1. The molecule has 1 aliphatic heterocycles. The van der Waals surface area contributed by atoms with Crippen molar-refractivity contribution >= 4 is 0 Å². The zero-order valence-corrected chi connectivity index (χ0v) is 11.6. The van der Waals surface area contributed by atoms with Crippen LogP contribution in [0.15, 0.2) is 23.4 Å². The average Bonchev–Trinajstić information content (AvgIpc) is 2.69. The molecule has 3 atom stereocenters. The molecule has 18 heavy (non-hydrogen) atoms. The summed E-state index contributed by atoms with van der Waals surface area (Å²) < 4.78 is 0. The molecule has 0 radical (unpaired) electrons. The monoisotopic (exact) mass is 246 g/mol. The van der Waals surface area contributed by atoms with Crippen LogP contribution in [-0.4, -0.2) is 23.5 Å². The lowest BCUT2D eigenvalue weighted by atomic mass is 9.90. The van der Waals surface area contributed by atoms with Crippen LogP contribution in [-0.2, 0) is 0 Å². The van der Waals surface area contributed by atoms with E-state index in [1.54, 1.807) is 5.57 Å². The van der Waals surface area contributed by atoms with Crippen LogP contribution < -0.4 is 5.73 Å². The van der Waals surface area contributed by atoms with Gasteiger partial charge in [0.05, 0.1) is 0 Å². The molecule has 0 aromatic heterocycles. The van der Waals surface area contributed by atoms with Crippen LogP contribution in [0.1, 0.15) is 51.9 Å². The van der Waals surface area contributed by atoms with Gasteiger partial charge in [0, 0.05) is 24.3 Å². The first kappa shape index (κ1) is 12.3. The van der Waals surface area contributed by atoms with Gasteiger partial charge in [-0.1, -0.05) is 12.2 Å². The van der Waals surface area contributed by atoms with Gasteiger partial charge in [-0.2, -0.15) is 0 Å². The van der Waals surface area contributed by atoms with E-state index in [0.29, 0.717) is 0 Å². The molecule has 0 saturated carbocycles. The van der Waals surface area contributed by atoms with E-state index in [-0.39, 0.29) is 0 Å². The molecular formula is C16H26N2. The van der Waals surface area contributed by atoms with E-state index in [2.05, 4.69) is 24.0 Å². The van der Waals surface area contributed by atoms with Gasteiger partial charge in [-0.3, -0.25) is 4.90 Å². The number of hydrogen-bond acceptors (Lipinski definition) is 2. The van der Waals surface area contributed by atoms with Crippen LogP contribution in [0.2, 0.25) is 0 Å². The van der Waals surface area contributed by atoms with Crippen molar-refractivity contribution in [1.29, 1.82) is 0 Å². The van der Waals surface area contributed by atoms with Crippen LogP contribution in [0.4, 0.5) is 0 Å². The lowest BCUT2D eigenvalue weighted by Crippen LogP contribution is -2.39. The molecule has 0 amide bonds. The second-order valence-corrected chi connectivity index (χ2v) is 6.33. The van der Waals surface area contributed by atoms with Gasteiger partial charge in [0.2, 0.25) is 0 Å². The van der Waals surface area contributed by atoms with Crippen molar-refractivity contribution in [1.82, 2.24) is 4.90 Å².